The molecule has 0 aliphatic heterocycles. The summed E-state index contributed by atoms with van der Waals surface area (Å²) in [4.78, 5) is 4.73. The van der Waals surface area contributed by atoms with Crippen LogP contribution in [0, 0.1) is 0 Å². The minimum Gasteiger partial charge on any atom is -0.361 e. The topological polar surface area (TPSA) is 19.0 Å². The zero-order valence-corrected chi connectivity index (χ0v) is 8.96. The number of para-hydroxylation sites is 1. The number of benzene rings is 1. The van der Waals surface area contributed by atoms with E-state index in [9.17, 15) is 0 Å². The molecule has 1 heterocycles. The molecule has 0 aliphatic rings. The third kappa shape index (κ3) is 2.21. The fourth-order valence-corrected chi connectivity index (χ4v) is 1.75. The second-order valence-electron chi connectivity index (χ2n) is 3.69. The van der Waals surface area contributed by atoms with Gasteiger partial charge in [0.25, 0.3) is 0 Å². The number of likely N-dealkylation sites (N-methyl/N-ethyl adjacent to an activating group) is 1. The van der Waals surface area contributed by atoms with E-state index in [1.807, 2.05) is 31.3 Å². The molecular formula is C13H18N2. The van der Waals surface area contributed by atoms with E-state index in [0.29, 0.717) is 13.1 Å². The van der Waals surface area contributed by atoms with Gasteiger partial charge in [0.1, 0.15) is 0 Å². The van der Waals surface area contributed by atoms with Crippen LogP contribution in [0.1, 0.15) is 16.6 Å². The molecule has 1 N–H and O–H groups in total. The van der Waals surface area contributed by atoms with Crippen molar-refractivity contribution in [2.75, 3.05) is 20.1 Å². The largest absolute Gasteiger partial charge is 0.361 e. The van der Waals surface area contributed by atoms with Gasteiger partial charge in [-0.25, -0.2) is 0 Å². The lowest BCUT2D eigenvalue weighted by atomic mass is 10.1. The highest BCUT2D eigenvalue weighted by molar-refractivity contribution is 5.83. The number of aromatic nitrogens is 1. The van der Waals surface area contributed by atoms with Gasteiger partial charge in [0.05, 0.1) is 0 Å². The lowest BCUT2D eigenvalue weighted by Crippen LogP contribution is -2.20. The monoisotopic (exact) mass is 205 g/mol. The van der Waals surface area contributed by atoms with Crippen LogP contribution in [0.25, 0.3) is 10.9 Å². The van der Waals surface area contributed by atoms with Crippen LogP contribution < -0.4 is 0 Å². The zero-order chi connectivity index (χ0) is 13.2. The van der Waals surface area contributed by atoms with E-state index in [1.54, 1.807) is 0 Å². The molecule has 2 nitrogen and oxygen atoms in total. The molecule has 0 bridgehead atoms. The number of nitrogens with one attached hydrogen (secondary N) is 1. The Bertz CT molecular complexity index is 516. The molecule has 0 saturated heterocycles. The van der Waals surface area contributed by atoms with Crippen molar-refractivity contribution in [1.29, 1.82) is 0 Å². The third-order valence-electron chi connectivity index (χ3n) is 2.71. The molecule has 0 atom stereocenters. The van der Waals surface area contributed by atoms with Crippen molar-refractivity contribution in [2.24, 2.45) is 0 Å². The Kier molecular flexibility index (Phi) is 2.12. The maximum absolute atomic E-state index is 7.43. The van der Waals surface area contributed by atoms with E-state index in [4.69, 9.17) is 4.11 Å². The van der Waals surface area contributed by atoms with Gasteiger partial charge in [0, 0.05) is 27.8 Å². The van der Waals surface area contributed by atoms with E-state index in [2.05, 4.69) is 11.1 Å². The number of rotatable bonds is 4. The first-order chi connectivity index (χ1) is 8.52. The van der Waals surface area contributed by atoms with Crippen molar-refractivity contribution < 1.29 is 4.11 Å². The molecule has 1 aromatic heterocycles. The lowest BCUT2D eigenvalue weighted by molar-refractivity contribution is 0.358. The summed E-state index contributed by atoms with van der Waals surface area (Å²) in [7, 11) is 0. The summed E-state index contributed by atoms with van der Waals surface area (Å²) in [6, 6.07) is 8.08. The van der Waals surface area contributed by atoms with Crippen molar-refractivity contribution in [3.63, 3.8) is 0 Å². The second-order valence-corrected chi connectivity index (χ2v) is 3.69. The predicted molar refractivity (Wildman–Crippen MR) is 65.2 cm³/mol. The zero-order valence-electron chi connectivity index (χ0n) is 12.0. The Labute approximate surface area is 95.1 Å². The average molecular weight is 205 g/mol. The van der Waals surface area contributed by atoms with Crippen LogP contribution >= 0.6 is 0 Å². The normalized spacial score (nSPS) is 15.2. The molecule has 0 aliphatic carbocycles. The number of hydrogen-bond donors (Lipinski definition) is 1. The van der Waals surface area contributed by atoms with E-state index >= 15 is 0 Å². The third-order valence-corrected chi connectivity index (χ3v) is 2.71. The SMILES string of the molecule is [2H]C([2H])([2H])N(CC)CCc1c[nH]c2ccccc12. The maximum atomic E-state index is 7.43. The van der Waals surface area contributed by atoms with Crippen molar-refractivity contribution >= 4 is 10.9 Å². The highest BCUT2D eigenvalue weighted by Crippen LogP contribution is 2.17. The molecule has 2 heteroatoms. The highest BCUT2D eigenvalue weighted by Gasteiger charge is 2.03. The summed E-state index contributed by atoms with van der Waals surface area (Å²) >= 11 is 0. The predicted octanol–water partition coefficient (Wildman–Crippen LogP) is 2.66. The van der Waals surface area contributed by atoms with Gasteiger partial charge in [-0.15, -0.1) is 0 Å². The van der Waals surface area contributed by atoms with Crippen LogP contribution in [0.3, 0.4) is 0 Å². The van der Waals surface area contributed by atoms with Crippen molar-refractivity contribution in [1.82, 2.24) is 9.88 Å². The Morgan fingerprint density at radius 3 is 3.07 bits per heavy atom. The molecule has 0 saturated carbocycles. The molecule has 0 amide bonds. The standard InChI is InChI=1S/C13H18N2/c1-3-15(2)9-8-11-10-14-13-7-5-4-6-12(11)13/h4-7,10,14H,3,8-9H2,1-2H3/i2D3. The van der Waals surface area contributed by atoms with Gasteiger partial charge in [-0.3, -0.25) is 0 Å². The molecule has 2 rings (SSSR count). The number of hydrogen-bond acceptors (Lipinski definition) is 1. The molecule has 0 radical (unpaired) electrons. The van der Waals surface area contributed by atoms with Crippen LogP contribution in [-0.4, -0.2) is 29.9 Å². The van der Waals surface area contributed by atoms with Gasteiger partial charge in [0.2, 0.25) is 0 Å². The van der Waals surface area contributed by atoms with Gasteiger partial charge >= 0.3 is 0 Å². The smallest absolute Gasteiger partial charge is 0.0456 e. The first-order valence-electron chi connectivity index (χ1n) is 6.82. The summed E-state index contributed by atoms with van der Waals surface area (Å²) in [5.74, 6) is 0. The molecule has 15 heavy (non-hydrogen) atoms. The lowest BCUT2D eigenvalue weighted by Gasteiger charge is -2.12. The number of H-pyrrole nitrogens is 1. The minimum absolute atomic E-state index is 0.541. The van der Waals surface area contributed by atoms with Gasteiger partial charge in [-0.05, 0) is 31.6 Å². The Hall–Kier alpha value is -1.28. The maximum Gasteiger partial charge on any atom is 0.0456 e. The molecule has 1 aromatic carbocycles. The quantitative estimate of drug-likeness (QED) is 0.813. The van der Waals surface area contributed by atoms with E-state index in [-0.39, 0.29) is 0 Å². The van der Waals surface area contributed by atoms with E-state index in [1.165, 1.54) is 15.8 Å². The Morgan fingerprint density at radius 2 is 2.27 bits per heavy atom. The van der Waals surface area contributed by atoms with Crippen LogP contribution in [0.15, 0.2) is 30.5 Å². The summed E-state index contributed by atoms with van der Waals surface area (Å²) in [5, 5.41) is 1.18. The minimum atomic E-state index is -2.00. The Morgan fingerprint density at radius 1 is 1.40 bits per heavy atom. The fraction of sp³-hybridized carbons (Fsp3) is 0.385. The summed E-state index contributed by atoms with van der Waals surface area (Å²) in [6.07, 6.45) is 2.72. The summed E-state index contributed by atoms with van der Waals surface area (Å²) < 4.78 is 22.3. The highest BCUT2D eigenvalue weighted by atomic mass is 15.1. The molecule has 0 fully saturated rings. The first kappa shape index (κ1) is 7.07. The summed E-state index contributed by atoms with van der Waals surface area (Å²) in [5.41, 5.74) is 2.28. The second kappa shape index (κ2) is 4.49. The summed E-state index contributed by atoms with van der Waals surface area (Å²) in [6.45, 7) is 0.968. The fourth-order valence-electron chi connectivity index (χ4n) is 1.75. The molecule has 2 aromatic rings. The Balaban J connectivity index is 2.10. The molecule has 0 unspecified atom stereocenters. The van der Waals surface area contributed by atoms with Gasteiger partial charge in [0.15, 0.2) is 0 Å². The number of fused-ring (bicyclic) bond motifs is 1. The van der Waals surface area contributed by atoms with Gasteiger partial charge < -0.3 is 9.88 Å². The first-order valence-corrected chi connectivity index (χ1v) is 5.32. The van der Waals surface area contributed by atoms with Crippen LogP contribution in [0.2, 0.25) is 0 Å². The van der Waals surface area contributed by atoms with Crippen molar-refractivity contribution in [3.8, 4) is 0 Å². The van der Waals surface area contributed by atoms with Crippen molar-refractivity contribution in [3.05, 3.63) is 36.0 Å². The number of aromatic amines is 1. The molecule has 0 spiro atoms. The van der Waals surface area contributed by atoms with E-state index in [0.717, 1.165) is 11.9 Å². The van der Waals surface area contributed by atoms with Crippen LogP contribution in [0.5, 0.6) is 0 Å². The van der Waals surface area contributed by atoms with Gasteiger partial charge in [-0.1, -0.05) is 25.1 Å². The molecule has 80 valence electrons. The average Bonchev–Trinajstić information content (AvgIpc) is 2.72. The molecular weight excluding hydrogens is 184 g/mol. The van der Waals surface area contributed by atoms with Gasteiger partial charge in [-0.2, -0.15) is 0 Å². The number of nitrogens with zero attached hydrogens (tertiary/aromatic N) is 1. The van der Waals surface area contributed by atoms with Crippen LogP contribution in [0.4, 0.5) is 0 Å². The van der Waals surface area contributed by atoms with Crippen LogP contribution in [-0.2, 0) is 6.42 Å². The van der Waals surface area contributed by atoms with Crippen molar-refractivity contribution in [2.45, 2.75) is 13.3 Å². The van der Waals surface area contributed by atoms with E-state index < -0.39 is 6.98 Å².